The molecule has 0 spiro atoms. The van der Waals surface area contributed by atoms with Crippen LogP contribution in [0, 0.1) is 0 Å². The maximum Gasteiger partial charge on any atom is 0.414 e. The highest BCUT2D eigenvalue weighted by Gasteiger charge is 2.32. The van der Waals surface area contributed by atoms with E-state index in [9.17, 15) is 14.4 Å². The molecule has 2 rings (SSSR count). The summed E-state index contributed by atoms with van der Waals surface area (Å²) >= 11 is 0. The number of hydrogen-bond donors (Lipinski definition) is 1. The van der Waals surface area contributed by atoms with Crippen LogP contribution < -0.4 is 10.2 Å². The van der Waals surface area contributed by atoms with E-state index in [-0.39, 0.29) is 12.3 Å². The highest BCUT2D eigenvalue weighted by molar-refractivity contribution is 5.95. The summed E-state index contributed by atoms with van der Waals surface area (Å²) in [5.74, 6) is -0.0371. The first-order valence-electron chi connectivity index (χ1n) is 7.72. The van der Waals surface area contributed by atoms with Crippen molar-refractivity contribution in [1.82, 2.24) is 5.32 Å². The van der Waals surface area contributed by atoms with Gasteiger partial charge in [-0.3, -0.25) is 9.69 Å². The van der Waals surface area contributed by atoms with Gasteiger partial charge in [0.15, 0.2) is 5.78 Å². The third kappa shape index (κ3) is 4.71. The fourth-order valence-corrected chi connectivity index (χ4v) is 2.23. The van der Waals surface area contributed by atoms with Crippen LogP contribution in [0.15, 0.2) is 24.3 Å². The molecule has 7 nitrogen and oxygen atoms in total. The largest absolute Gasteiger partial charge is 0.444 e. The van der Waals surface area contributed by atoms with Gasteiger partial charge in [-0.2, -0.15) is 0 Å². The predicted octanol–water partition coefficient (Wildman–Crippen LogP) is 2.74. The second kappa shape index (κ2) is 6.90. The summed E-state index contributed by atoms with van der Waals surface area (Å²) in [7, 11) is 0. The monoisotopic (exact) mass is 334 g/mol. The average molecular weight is 334 g/mol. The molecule has 130 valence electrons. The molecule has 1 aliphatic heterocycles. The molecule has 24 heavy (non-hydrogen) atoms. The van der Waals surface area contributed by atoms with Gasteiger partial charge in [0.25, 0.3) is 0 Å². The van der Waals surface area contributed by atoms with Gasteiger partial charge >= 0.3 is 12.2 Å². The number of alkyl carbamates (subject to hydrolysis) is 1. The maximum absolute atomic E-state index is 12.0. The van der Waals surface area contributed by atoms with Crippen molar-refractivity contribution < 1.29 is 23.9 Å². The first kappa shape index (κ1) is 17.8. The van der Waals surface area contributed by atoms with Crippen molar-refractivity contribution in [1.29, 1.82) is 0 Å². The average Bonchev–Trinajstić information content (AvgIpc) is 2.84. The van der Waals surface area contributed by atoms with E-state index in [0.29, 0.717) is 17.8 Å². The normalized spacial score (nSPS) is 17.4. The lowest BCUT2D eigenvalue weighted by Gasteiger charge is -2.20. The van der Waals surface area contributed by atoms with Gasteiger partial charge in [-0.25, -0.2) is 9.59 Å². The van der Waals surface area contributed by atoms with Crippen molar-refractivity contribution in [2.75, 3.05) is 18.0 Å². The van der Waals surface area contributed by atoms with Gasteiger partial charge in [-0.05, 0) is 52.0 Å². The van der Waals surface area contributed by atoms with Gasteiger partial charge in [0.1, 0.15) is 11.7 Å². The van der Waals surface area contributed by atoms with E-state index in [4.69, 9.17) is 9.47 Å². The molecule has 1 saturated heterocycles. The van der Waals surface area contributed by atoms with Gasteiger partial charge in [-0.1, -0.05) is 0 Å². The van der Waals surface area contributed by atoms with Crippen molar-refractivity contribution in [2.24, 2.45) is 0 Å². The molecule has 1 fully saturated rings. The van der Waals surface area contributed by atoms with E-state index in [0.717, 1.165) is 0 Å². The molecule has 1 aliphatic rings. The van der Waals surface area contributed by atoms with Crippen molar-refractivity contribution in [2.45, 2.75) is 39.4 Å². The molecule has 1 heterocycles. The fraction of sp³-hybridized carbons (Fsp3) is 0.471. The molecule has 0 aromatic heterocycles. The fourth-order valence-electron chi connectivity index (χ4n) is 2.23. The van der Waals surface area contributed by atoms with E-state index in [1.807, 2.05) is 0 Å². The first-order valence-corrected chi connectivity index (χ1v) is 7.72. The Labute approximate surface area is 140 Å². The molecule has 0 unspecified atom stereocenters. The zero-order valence-electron chi connectivity index (χ0n) is 14.3. The smallest absolute Gasteiger partial charge is 0.414 e. The van der Waals surface area contributed by atoms with Crippen molar-refractivity contribution in [3.05, 3.63) is 29.8 Å². The van der Waals surface area contributed by atoms with E-state index in [2.05, 4.69) is 5.32 Å². The van der Waals surface area contributed by atoms with E-state index in [1.165, 1.54) is 11.8 Å². The second-order valence-electron chi connectivity index (χ2n) is 6.60. The number of nitrogens with zero attached hydrogens (tertiary/aromatic N) is 1. The first-order chi connectivity index (χ1) is 11.2. The van der Waals surface area contributed by atoms with Crippen LogP contribution in [0.3, 0.4) is 0 Å². The Morgan fingerprint density at radius 3 is 2.46 bits per heavy atom. The van der Waals surface area contributed by atoms with Gasteiger partial charge < -0.3 is 14.8 Å². The minimum absolute atomic E-state index is 0.0371. The van der Waals surface area contributed by atoms with Crippen LogP contribution in [0.4, 0.5) is 15.3 Å². The van der Waals surface area contributed by atoms with Crippen molar-refractivity contribution in [3.8, 4) is 0 Å². The number of anilines is 1. The Balaban J connectivity index is 1.91. The molecule has 1 aromatic rings. The lowest BCUT2D eigenvalue weighted by molar-refractivity contribution is 0.0496. The van der Waals surface area contributed by atoms with Crippen LogP contribution in [-0.2, 0) is 9.47 Å². The van der Waals surface area contributed by atoms with Crippen LogP contribution >= 0.6 is 0 Å². The number of ether oxygens (including phenoxy) is 2. The number of carbonyl (C=O) groups is 3. The minimum Gasteiger partial charge on any atom is -0.444 e. The van der Waals surface area contributed by atoms with E-state index in [1.54, 1.807) is 45.0 Å². The van der Waals surface area contributed by atoms with Crippen molar-refractivity contribution >= 4 is 23.7 Å². The molecule has 1 atom stereocenters. The Morgan fingerprint density at radius 2 is 1.92 bits per heavy atom. The highest BCUT2D eigenvalue weighted by Crippen LogP contribution is 2.22. The maximum atomic E-state index is 12.0. The third-order valence-electron chi connectivity index (χ3n) is 3.33. The van der Waals surface area contributed by atoms with Gasteiger partial charge in [0, 0.05) is 11.3 Å². The number of carbonyl (C=O) groups excluding carboxylic acids is 3. The molecule has 0 saturated carbocycles. The summed E-state index contributed by atoms with van der Waals surface area (Å²) in [6.45, 7) is 7.28. The number of benzene rings is 1. The molecule has 1 aromatic carbocycles. The summed E-state index contributed by atoms with van der Waals surface area (Å²) in [6.07, 6.45) is -1.50. The van der Waals surface area contributed by atoms with E-state index < -0.39 is 23.9 Å². The Bertz CT molecular complexity index is 633. The Kier molecular flexibility index (Phi) is 5.11. The highest BCUT2D eigenvalue weighted by atomic mass is 16.6. The van der Waals surface area contributed by atoms with Crippen LogP contribution in [0.1, 0.15) is 38.1 Å². The quantitative estimate of drug-likeness (QED) is 0.856. The molecular formula is C17H22N2O5. The van der Waals surface area contributed by atoms with Gasteiger partial charge in [0.2, 0.25) is 0 Å². The summed E-state index contributed by atoms with van der Waals surface area (Å²) in [5.41, 5.74) is 0.639. The number of ketones is 1. The van der Waals surface area contributed by atoms with Crippen LogP contribution in [0.5, 0.6) is 0 Å². The standard InChI is InChI=1S/C17H22N2O5/c1-11(20)12-5-7-13(8-6-12)19-10-14(23-16(19)22)9-18-15(21)24-17(2,3)4/h5-8,14H,9-10H2,1-4H3,(H,18,21)/t14-/m0/s1. The lowest BCUT2D eigenvalue weighted by Crippen LogP contribution is -2.38. The zero-order valence-corrected chi connectivity index (χ0v) is 14.3. The van der Waals surface area contributed by atoms with Crippen LogP contribution in [0.25, 0.3) is 0 Å². The predicted molar refractivity (Wildman–Crippen MR) is 88.3 cm³/mol. The number of rotatable bonds is 4. The van der Waals surface area contributed by atoms with Crippen molar-refractivity contribution in [3.63, 3.8) is 0 Å². The lowest BCUT2D eigenvalue weighted by atomic mass is 10.1. The minimum atomic E-state index is -0.582. The SMILES string of the molecule is CC(=O)c1ccc(N2C[C@H](CNC(=O)OC(C)(C)C)OC2=O)cc1. The van der Waals surface area contributed by atoms with Gasteiger partial charge in [0.05, 0.1) is 13.1 Å². The molecule has 1 N–H and O–H groups in total. The molecule has 0 bridgehead atoms. The third-order valence-corrected chi connectivity index (χ3v) is 3.33. The summed E-state index contributed by atoms with van der Waals surface area (Å²) in [4.78, 5) is 36.3. The number of amides is 2. The number of nitrogens with one attached hydrogen (secondary N) is 1. The van der Waals surface area contributed by atoms with E-state index >= 15 is 0 Å². The van der Waals surface area contributed by atoms with Gasteiger partial charge in [-0.15, -0.1) is 0 Å². The van der Waals surface area contributed by atoms with Crippen LogP contribution in [-0.4, -0.2) is 42.8 Å². The number of Topliss-reactive ketones (excluding diaryl/α,β-unsaturated/α-hetero) is 1. The number of cyclic esters (lactones) is 1. The Hall–Kier alpha value is -2.57. The summed E-state index contributed by atoms with van der Waals surface area (Å²) in [5, 5.41) is 2.59. The summed E-state index contributed by atoms with van der Waals surface area (Å²) < 4.78 is 10.4. The molecule has 0 aliphatic carbocycles. The zero-order chi connectivity index (χ0) is 17.9. The topological polar surface area (TPSA) is 84.9 Å². The molecule has 2 amide bonds. The molecule has 0 radical (unpaired) electrons. The second-order valence-corrected chi connectivity index (χ2v) is 6.60. The molecule has 7 heteroatoms. The van der Waals surface area contributed by atoms with Crippen LogP contribution in [0.2, 0.25) is 0 Å². The molecular weight excluding hydrogens is 312 g/mol. The number of hydrogen-bond acceptors (Lipinski definition) is 5. The Morgan fingerprint density at radius 1 is 1.29 bits per heavy atom. The summed E-state index contributed by atoms with van der Waals surface area (Å²) in [6, 6.07) is 6.72.